The van der Waals surface area contributed by atoms with Gasteiger partial charge in [-0.2, -0.15) is 0 Å². The van der Waals surface area contributed by atoms with E-state index in [-0.39, 0.29) is 17.2 Å². The molecule has 156 valence electrons. The Labute approximate surface area is 168 Å². The summed E-state index contributed by atoms with van der Waals surface area (Å²) in [5.74, 6) is -0.0643. The molecule has 28 heavy (non-hydrogen) atoms. The highest BCUT2D eigenvalue weighted by Crippen LogP contribution is 2.34. The van der Waals surface area contributed by atoms with Crippen molar-refractivity contribution in [3.05, 3.63) is 22.5 Å². The first-order chi connectivity index (χ1) is 13.5. The molecule has 1 aromatic heterocycles. The van der Waals surface area contributed by atoms with Crippen LogP contribution >= 0.6 is 0 Å². The summed E-state index contributed by atoms with van der Waals surface area (Å²) in [6, 6.07) is 0. The van der Waals surface area contributed by atoms with Crippen LogP contribution in [0.15, 0.2) is 0 Å². The van der Waals surface area contributed by atoms with Crippen molar-refractivity contribution in [2.24, 2.45) is 0 Å². The number of H-pyrrole nitrogens is 1. The molecule has 1 aromatic rings. The molecule has 1 aliphatic carbocycles. The highest BCUT2D eigenvalue weighted by molar-refractivity contribution is 6.02. The number of aromatic nitrogens is 1. The monoisotopic (exact) mass is 389 g/mol. The summed E-state index contributed by atoms with van der Waals surface area (Å²) in [4.78, 5) is 30.9. The number of ether oxygens (including phenoxy) is 1. The minimum absolute atomic E-state index is 0.0216. The summed E-state index contributed by atoms with van der Waals surface area (Å²) in [5, 5.41) is 3.22. The number of morpholine rings is 1. The number of hydrogen-bond donors (Lipinski definition) is 2. The Balaban J connectivity index is 1.78. The van der Waals surface area contributed by atoms with Crippen LogP contribution in [0.1, 0.15) is 84.5 Å². The van der Waals surface area contributed by atoms with Gasteiger partial charge in [-0.25, -0.2) is 0 Å². The van der Waals surface area contributed by atoms with Crippen LogP contribution in [-0.4, -0.2) is 60.0 Å². The number of aryl methyl sites for hydroxylation is 1. The van der Waals surface area contributed by atoms with Crippen LogP contribution in [0, 0.1) is 6.92 Å². The average Bonchev–Trinajstić information content (AvgIpc) is 3.04. The standard InChI is InChI=1S/C22H35N3O3/c1-4-8-18-19(17(3)26)16(2)24-20(18)21(27)23-15-22(9-6-5-7-10-22)25-11-13-28-14-12-25/h24H,4-15H2,1-3H3,(H,23,27). The van der Waals surface area contributed by atoms with E-state index in [1.165, 1.54) is 19.3 Å². The van der Waals surface area contributed by atoms with E-state index in [0.717, 1.165) is 63.2 Å². The van der Waals surface area contributed by atoms with Gasteiger partial charge in [0.15, 0.2) is 5.78 Å². The number of nitrogens with zero attached hydrogens (tertiary/aromatic N) is 1. The maximum absolute atomic E-state index is 13.1. The lowest BCUT2D eigenvalue weighted by atomic mass is 9.79. The third kappa shape index (κ3) is 4.33. The second kappa shape index (κ2) is 9.23. The fourth-order valence-corrected chi connectivity index (χ4v) is 5.03. The number of Topliss-reactive ketones (excluding diaryl/α,β-unsaturated/α-hetero) is 1. The largest absolute Gasteiger partial charge is 0.379 e. The van der Waals surface area contributed by atoms with Crippen molar-refractivity contribution in [1.29, 1.82) is 0 Å². The van der Waals surface area contributed by atoms with E-state index in [0.29, 0.717) is 17.8 Å². The number of ketones is 1. The summed E-state index contributed by atoms with van der Waals surface area (Å²) in [5.41, 5.74) is 2.95. The number of carbonyl (C=O) groups excluding carboxylic acids is 2. The maximum atomic E-state index is 13.1. The Hall–Kier alpha value is -1.66. The SMILES string of the molecule is CCCc1c(C(=O)NCC2(N3CCOCC3)CCCCC2)[nH]c(C)c1C(C)=O. The van der Waals surface area contributed by atoms with Crippen molar-refractivity contribution in [2.45, 2.75) is 71.3 Å². The van der Waals surface area contributed by atoms with Gasteiger partial charge in [0, 0.05) is 36.4 Å². The zero-order valence-electron chi connectivity index (χ0n) is 17.7. The molecule has 1 amide bonds. The van der Waals surface area contributed by atoms with Crippen LogP contribution in [-0.2, 0) is 11.2 Å². The van der Waals surface area contributed by atoms with Gasteiger partial charge in [0.2, 0.25) is 0 Å². The summed E-state index contributed by atoms with van der Waals surface area (Å²) in [7, 11) is 0. The minimum Gasteiger partial charge on any atom is -0.379 e. The van der Waals surface area contributed by atoms with E-state index in [1.54, 1.807) is 6.92 Å². The van der Waals surface area contributed by atoms with Gasteiger partial charge in [-0.05, 0) is 38.7 Å². The second-order valence-corrected chi connectivity index (χ2v) is 8.35. The Bertz CT molecular complexity index is 698. The lowest BCUT2D eigenvalue weighted by Crippen LogP contribution is -2.59. The van der Waals surface area contributed by atoms with Crippen molar-refractivity contribution in [2.75, 3.05) is 32.8 Å². The van der Waals surface area contributed by atoms with Gasteiger partial charge in [0.25, 0.3) is 5.91 Å². The lowest BCUT2D eigenvalue weighted by molar-refractivity contribution is -0.0361. The Kier molecular flexibility index (Phi) is 6.94. The fourth-order valence-electron chi connectivity index (χ4n) is 5.03. The second-order valence-electron chi connectivity index (χ2n) is 8.35. The van der Waals surface area contributed by atoms with Crippen LogP contribution < -0.4 is 5.32 Å². The molecule has 1 saturated carbocycles. The van der Waals surface area contributed by atoms with E-state index >= 15 is 0 Å². The summed E-state index contributed by atoms with van der Waals surface area (Å²) in [6.45, 7) is 9.60. The minimum atomic E-state index is -0.0859. The van der Waals surface area contributed by atoms with Crippen LogP contribution in [0.4, 0.5) is 0 Å². The highest BCUT2D eigenvalue weighted by atomic mass is 16.5. The molecule has 2 aliphatic rings. The number of nitrogens with one attached hydrogen (secondary N) is 2. The number of rotatable bonds is 7. The van der Waals surface area contributed by atoms with Gasteiger partial charge in [-0.1, -0.05) is 32.6 Å². The predicted molar refractivity (Wildman–Crippen MR) is 110 cm³/mol. The number of hydrogen-bond acceptors (Lipinski definition) is 4. The fraction of sp³-hybridized carbons (Fsp3) is 0.727. The molecule has 2 heterocycles. The number of carbonyl (C=O) groups is 2. The van der Waals surface area contributed by atoms with Crippen LogP contribution in [0.3, 0.4) is 0 Å². The summed E-state index contributed by atoms with van der Waals surface area (Å²) < 4.78 is 5.55. The molecule has 0 bridgehead atoms. The predicted octanol–water partition coefficient (Wildman–Crippen LogP) is 3.24. The quantitative estimate of drug-likeness (QED) is 0.702. The number of amides is 1. The molecule has 1 saturated heterocycles. The first-order valence-electron chi connectivity index (χ1n) is 10.8. The van der Waals surface area contributed by atoms with Gasteiger partial charge in [-0.3, -0.25) is 14.5 Å². The van der Waals surface area contributed by atoms with Crippen molar-refractivity contribution in [3.8, 4) is 0 Å². The molecule has 0 radical (unpaired) electrons. The van der Waals surface area contributed by atoms with Gasteiger partial charge in [0.1, 0.15) is 5.69 Å². The maximum Gasteiger partial charge on any atom is 0.268 e. The lowest BCUT2D eigenvalue weighted by Gasteiger charge is -2.48. The molecule has 6 nitrogen and oxygen atoms in total. The van der Waals surface area contributed by atoms with Crippen LogP contribution in [0.2, 0.25) is 0 Å². The first-order valence-corrected chi connectivity index (χ1v) is 10.8. The normalized spacial score (nSPS) is 20.1. The van der Waals surface area contributed by atoms with Crippen LogP contribution in [0.25, 0.3) is 0 Å². The van der Waals surface area contributed by atoms with Gasteiger partial charge >= 0.3 is 0 Å². The third-order valence-corrected chi connectivity index (χ3v) is 6.41. The molecule has 1 aliphatic heterocycles. The molecule has 0 unspecified atom stereocenters. The van der Waals surface area contributed by atoms with Gasteiger partial charge in [-0.15, -0.1) is 0 Å². The molecule has 6 heteroatoms. The highest BCUT2D eigenvalue weighted by Gasteiger charge is 2.39. The Morgan fingerprint density at radius 3 is 2.46 bits per heavy atom. The van der Waals surface area contributed by atoms with Crippen molar-refractivity contribution in [3.63, 3.8) is 0 Å². The smallest absolute Gasteiger partial charge is 0.268 e. The van der Waals surface area contributed by atoms with E-state index in [2.05, 4.69) is 22.1 Å². The van der Waals surface area contributed by atoms with E-state index in [1.807, 2.05) is 6.92 Å². The zero-order chi connectivity index (χ0) is 20.1. The zero-order valence-corrected chi connectivity index (χ0v) is 17.7. The van der Waals surface area contributed by atoms with Crippen LogP contribution in [0.5, 0.6) is 0 Å². The van der Waals surface area contributed by atoms with Crippen molar-refractivity contribution >= 4 is 11.7 Å². The van der Waals surface area contributed by atoms with Gasteiger partial charge < -0.3 is 15.0 Å². The molecule has 3 rings (SSSR count). The molecule has 0 aromatic carbocycles. The van der Waals surface area contributed by atoms with Crippen molar-refractivity contribution in [1.82, 2.24) is 15.2 Å². The molecule has 0 atom stereocenters. The van der Waals surface area contributed by atoms with E-state index in [9.17, 15) is 9.59 Å². The molecular formula is C22H35N3O3. The Morgan fingerprint density at radius 1 is 1.18 bits per heavy atom. The van der Waals surface area contributed by atoms with E-state index < -0.39 is 0 Å². The van der Waals surface area contributed by atoms with Gasteiger partial charge in [0.05, 0.1) is 13.2 Å². The van der Waals surface area contributed by atoms with Crippen molar-refractivity contribution < 1.29 is 14.3 Å². The summed E-state index contributed by atoms with van der Waals surface area (Å²) in [6.07, 6.45) is 7.58. The average molecular weight is 390 g/mol. The molecule has 2 N–H and O–H groups in total. The topological polar surface area (TPSA) is 74.4 Å². The Morgan fingerprint density at radius 2 is 1.86 bits per heavy atom. The third-order valence-electron chi connectivity index (χ3n) is 6.41. The summed E-state index contributed by atoms with van der Waals surface area (Å²) >= 11 is 0. The molecule has 0 spiro atoms. The molecule has 2 fully saturated rings. The molecular weight excluding hydrogens is 354 g/mol. The first kappa shape index (κ1) is 21.1. The van der Waals surface area contributed by atoms with E-state index in [4.69, 9.17) is 4.74 Å². The number of aromatic amines is 1.